The number of carbonyl (C=O) groups excluding carboxylic acids is 3. The standard InChI is InChI=1S/C15H19N5O4S2/c1-5-24-14(23)10-7(2)11(12(16)22)26-13(10)17-9(21)6-25-15-19-18-8(3)20(15)4/h5-6H2,1-4H3,(H2,16,22)(H,17,21). The summed E-state index contributed by atoms with van der Waals surface area (Å²) in [6.45, 7) is 5.25. The third-order valence-electron chi connectivity index (χ3n) is 3.49. The lowest BCUT2D eigenvalue weighted by atomic mass is 10.1. The van der Waals surface area contributed by atoms with Gasteiger partial charge in [0.15, 0.2) is 5.16 Å². The summed E-state index contributed by atoms with van der Waals surface area (Å²) < 4.78 is 6.78. The van der Waals surface area contributed by atoms with Gasteiger partial charge in [-0.1, -0.05) is 11.8 Å². The topological polar surface area (TPSA) is 129 Å². The number of aryl methyl sites for hydroxylation is 1. The second-order valence-electron chi connectivity index (χ2n) is 5.27. The van der Waals surface area contributed by atoms with Crippen LogP contribution in [0.1, 0.15) is 38.3 Å². The number of aromatic nitrogens is 3. The molecule has 2 heterocycles. The van der Waals surface area contributed by atoms with Gasteiger partial charge in [0.2, 0.25) is 5.91 Å². The van der Waals surface area contributed by atoms with Crippen LogP contribution in [0.3, 0.4) is 0 Å². The molecule has 11 heteroatoms. The highest BCUT2D eigenvalue weighted by atomic mass is 32.2. The highest BCUT2D eigenvalue weighted by molar-refractivity contribution is 7.99. The molecule has 0 bridgehead atoms. The number of nitrogens with zero attached hydrogens (tertiary/aromatic N) is 3. The van der Waals surface area contributed by atoms with Gasteiger partial charge in [0.1, 0.15) is 10.8 Å². The number of carbonyl (C=O) groups is 3. The normalized spacial score (nSPS) is 10.6. The number of hydrogen-bond acceptors (Lipinski definition) is 8. The van der Waals surface area contributed by atoms with Crippen molar-refractivity contribution in [1.29, 1.82) is 0 Å². The van der Waals surface area contributed by atoms with Gasteiger partial charge in [0.05, 0.1) is 22.8 Å². The number of thiophene rings is 1. The quantitative estimate of drug-likeness (QED) is 0.535. The van der Waals surface area contributed by atoms with Crippen LogP contribution in [0.25, 0.3) is 0 Å². The Morgan fingerprint density at radius 1 is 1.31 bits per heavy atom. The molecule has 0 saturated heterocycles. The zero-order valence-corrected chi connectivity index (χ0v) is 16.4. The monoisotopic (exact) mass is 397 g/mol. The molecule has 2 rings (SSSR count). The Balaban J connectivity index is 2.17. The van der Waals surface area contributed by atoms with Crippen LogP contribution < -0.4 is 11.1 Å². The summed E-state index contributed by atoms with van der Waals surface area (Å²) in [5.41, 5.74) is 5.89. The molecule has 140 valence electrons. The van der Waals surface area contributed by atoms with Crippen LogP contribution >= 0.6 is 23.1 Å². The van der Waals surface area contributed by atoms with Crippen LogP contribution in [-0.2, 0) is 16.6 Å². The maximum Gasteiger partial charge on any atom is 0.341 e. The summed E-state index contributed by atoms with van der Waals surface area (Å²) in [5.74, 6) is -0.823. The minimum Gasteiger partial charge on any atom is -0.462 e. The molecule has 2 amide bonds. The lowest BCUT2D eigenvalue weighted by Crippen LogP contribution is -2.17. The van der Waals surface area contributed by atoms with Gasteiger partial charge in [-0.3, -0.25) is 9.59 Å². The molecule has 3 N–H and O–H groups in total. The second kappa shape index (κ2) is 8.32. The molecule has 9 nitrogen and oxygen atoms in total. The highest BCUT2D eigenvalue weighted by Gasteiger charge is 2.25. The molecule has 0 aliphatic heterocycles. The van der Waals surface area contributed by atoms with Crippen LogP contribution in [0.4, 0.5) is 5.00 Å². The molecule has 0 fully saturated rings. The van der Waals surface area contributed by atoms with E-state index in [0.717, 1.165) is 17.2 Å². The lowest BCUT2D eigenvalue weighted by molar-refractivity contribution is -0.113. The van der Waals surface area contributed by atoms with Gasteiger partial charge in [-0.25, -0.2) is 4.79 Å². The van der Waals surface area contributed by atoms with Crippen molar-refractivity contribution in [2.75, 3.05) is 17.7 Å². The molecule has 0 spiro atoms. The summed E-state index contributed by atoms with van der Waals surface area (Å²) in [5, 5.41) is 11.4. The van der Waals surface area contributed by atoms with Crippen molar-refractivity contribution in [3.63, 3.8) is 0 Å². The first-order chi connectivity index (χ1) is 12.3. The molecular formula is C15H19N5O4S2. The Labute approximate surface area is 158 Å². The fourth-order valence-corrected chi connectivity index (χ4v) is 3.91. The molecule has 0 radical (unpaired) electrons. The molecule has 2 aromatic heterocycles. The first-order valence-electron chi connectivity index (χ1n) is 7.65. The van der Waals surface area contributed by atoms with E-state index in [0.29, 0.717) is 10.7 Å². The number of primary amides is 1. The van der Waals surface area contributed by atoms with E-state index in [4.69, 9.17) is 10.5 Å². The number of rotatable bonds is 7. The van der Waals surface area contributed by atoms with E-state index >= 15 is 0 Å². The fourth-order valence-electron chi connectivity index (χ4n) is 2.09. The van der Waals surface area contributed by atoms with Crippen molar-refractivity contribution >= 4 is 45.9 Å². The van der Waals surface area contributed by atoms with Crippen LogP contribution in [0.15, 0.2) is 5.16 Å². The summed E-state index contributed by atoms with van der Waals surface area (Å²) in [6, 6.07) is 0. The minimum absolute atomic E-state index is 0.0666. The fraction of sp³-hybridized carbons (Fsp3) is 0.400. The Hall–Kier alpha value is -2.40. The van der Waals surface area contributed by atoms with Crippen molar-refractivity contribution in [3.05, 3.63) is 21.8 Å². The largest absolute Gasteiger partial charge is 0.462 e. The first-order valence-corrected chi connectivity index (χ1v) is 9.45. The highest BCUT2D eigenvalue weighted by Crippen LogP contribution is 2.33. The third kappa shape index (κ3) is 4.22. The SMILES string of the molecule is CCOC(=O)c1c(NC(=O)CSc2nnc(C)n2C)sc(C(N)=O)c1C. The smallest absolute Gasteiger partial charge is 0.341 e. The van der Waals surface area contributed by atoms with Crippen LogP contribution in [-0.4, -0.2) is 44.9 Å². The number of esters is 1. The zero-order chi connectivity index (χ0) is 19.4. The van der Waals surface area contributed by atoms with Crippen molar-refractivity contribution in [2.24, 2.45) is 12.8 Å². The van der Waals surface area contributed by atoms with Crippen LogP contribution in [0.2, 0.25) is 0 Å². The molecule has 0 unspecified atom stereocenters. The summed E-state index contributed by atoms with van der Waals surface area (Å²) in [4.78, 5) is 36.2. The molecule has 0 atom stereocenters. The van der Waals surface area contributed by atoms with Gasteiger partial charge in [-0.2, -0.15) is 0 Å². The van der Waals surface area contributed by atoms with Crippen molar-refractivity contribution < 1.29 is 19.1 Å². The molecule has 0 saturated carbocycles. The van der Waals surface area contributed by atoms with E-state index in [-0.39, 0.29) is 33.7 Å². The van der Waals surface area contributed by atoms with E-state index < -0.39 is 11.9 Å². The molecule has 26 heavy (non-hydrogen) atoms. The van der Waals surface area contributed by atoms with E-state index in [1.54, 1.807) is 25.5 Å². The Morgan fingerprint density at radius 2 is 2.00 bits per heavy atom. The number of nitrogens with one attached hydrogen (secondary N) is 1. The van der Waals surface area contributed by atoms with E-state index in [9.17, 15) is 14.4 Å². The number of hydrogen-bond donors (Lipinski definition) is 2. The number of nitrogens with two attached hydrogens (primary N) is 1. The lowest BCUT2D eigenvalue weighted by Gasteiger charge is -2.07. The Bertz CT molecular complexity index is 859. The van der Waals surface area contributed by atoms with E-state index in [1.807, 2.05) is 6.92 Å². The van der Waals surface area contributed by atoms with Gasteiger partial charge >= 0.3 is 5.97 Å². The van der Waals surface area contributed by atoms with Crippen molar-refractivity contribution in [3.8, 4) is 0 Å². The molecule has 0 aromatic carbocycles. The van der Waals surface area contributed by atoms with Crippen molar-refractivity contribution in [1.82, 2.24) is 14.8 Å². The third-order valence-corrected chi connectivity index (χ3v) is 5.73. The number of amides is 2. The Morgan fingerprint density at radius 3 is 2.54 bits per heavy atom. The summed E-state index contributed by atoms with van der Waals surface area (Å²) >= 11 is 2.17. The van der Waals surface area contributed by atoms with Gasteiger partial charge < -0.3 is 20.4 Å². The number of anilines is 1. The molecule has 2 aromatic rings. The van der Waals surface area contributed by atoms with Gasteiger partial charge in [-0.15, -0.1) is 21.5 Å². The van der Waals surface area contributed by atoms with Crippen LogP contribution in [0, 0.1) is 13.8 Å². The first kappa shape index (κ1) is 19.9. The average molecular weight is 397 g/mol. The number of thioether (sulfide) groups is 1. The van der Waals surface area contributed by atoms with Gasteiger partial charge in [0, 0.05) is 7.05 Å². The second-order valence-corrected chi connectivity index (χ2v) is 7.23. The van der Waals surface area contributed by atoms with Crippen LogP contribution in [0.5, 0.6) is 0 Å². The maximum atomic E-state index is 12.3. The summed E-state index contributed by atoms with van der Waals surface area (Å²) in [7, 11) is 1.80. The predicted octanol–water partition coefficient (Wildman–Crippen LogP) is 1.50. The van der Waals surface area contributed by atoms with Gasteiger partial charge in [-0.05, 0) is 26.3 Å². The molecule has 0 aliphatic rings. The Kier molecular flexibility index (Phi) is 6.37. The minimum atomic E-state index is -0.664. The zero-order valence-electron chi connectivity index (χ0n) is 14.8. The van der Waals surface area contributed by atoms with E-state index in [2.05, 4.69) is 15.5 Å². The molecule has 0 aliphatic carbocycles. The van der Waals surface area contributed by atoms with E-state index in [1.165, 1.54) is 11.8 Å². The molecular weight excluding hydrogens is 378 g/mol. The predicted molar refractivity (Wildman–Crippen MR) is 98.6 cm³/mol. The number of ether oxygens (including phenoxy) is 1. The summed E-state index contributed by atoms with van der Waals surface area (Å²) in [6.07, 6.45) is 0. The maximum absolute atomic E-state index is 12.3. The average Bonchev–Trinajstić information content (AvgIpc) is 3.06. The van der Waals surface area contributed by atoms with Crippen molar-refractivity contribution in [2.45, 2.75) is 25.9 Å². The van der Waals surface area contributed by atoms with Gasteiger partial charge in [0.25, 0.3) is 5.91 Å².